The fourth-order valence-electron chi connectivity index (χ4n) is 1.40. The van der Waals surface area contributed by atoms with Crippen LogP contribution in [0.4, 0.5) is 13.2 Å². The summed E-state index contributed by atoms with van der Waals surface area (Å²) in [5.41, 5.74) is -1.90. The second-order valence-corrected chi connectivity index (χ2v) is 3.72. The molecule has 8 heteroatoms. The van der Waals surface area contributed by atoms with Crippen molar-refractivity contribution in [3.63, 3.8) is 0 Å². The molecule has 92 valence electrons. The lowest BCUT2D eigenvalue weighted by atomic mass is 10.3. The molecule has 2 rings (SSSR count). The van der Waals surface area contributed by atoms with Crippen molar-refractivity contribution in [1.29, 1.82) is 5.26 Å². The van der Waals surface area contributed by atoms with E-state index in [9.17, 15) is 13.2 Å². The molecule has 18 heavy (non-hydrogen) atoms. The number of halogens is 4. The number of benzene rings is 1. The van der Waals surface area contributed by atoms with E-state index in [-0.39, 0.29) is 10.7 Å². The zero-order chi connectivity index (χ0) is 13.3. The van der Waals surface area contributed by atoms with Gasteiger partial charge in [-0.15, -0.1) is 5.10 Å². The highest BCUT2D eigenvalue weighted by atomic mass is 35.5. The van der Waals surface area contributed by atoms with E-state index in [1.54, 1.807) is 0 Å². The van der Waals surface area contributed by atoms with Crippen LogP contribution in [0, 0.1) is 11.3 Å². The van der Waals surface area contributed by atoms with E-state index in [0.29, 0.717) is 4.68 Å². The summed E-state index contributed by atoms with van der Waals surface area (Å²) in [6.07, 6.45) is -4.73. The standard InChI is InChI=1S/C10H4ClF3N4/c11-6-2-1-3-7(4-6)18-9(10(12,13)14)8(5-15)16-17-18/h1-4H. The molecular formula is C10H4ClF3N4. The predicted molar refractivity (Wildman–Crippen MR) is 56.1 cm³/mol. The minimum Gasteiger partial charge on any atom is -0.207 e. The number of nitrogens with zero attached hydrogens (tertiary/aromatic N) is 4. The van der Waals surface area contributed by atoms with Gasteiger partial charge in [0.05, 0.1) is 5.69 Å². The largest absolute Gasteiger partial charge is 0.436 e. The topological polar surface area (TPSA) is 54.5 Å². The first kappa shape index (κ1) is 12.4. The van der Waals surface area contributed by atoms with E-state index < -0.39 is 17.6 Å². The Labute approximate surface area is 104 Å². The van der Waals surface area contributed by atoms with Gasteiger partial charge in [-0.2, -0.15) is 18.4 Å². The van der Waals surface area contributed by atoms with Gasteiger partial charge in [0.1, 0.15) is 6.07 Å². The van der Waals surface area contributed by atoms with Gasteiger partial charge < -0.3 is 0 Å². The first-order valence-electron chi connectivity index (χ1n) is 4.62. The van der Waals surface area contributed by atoms with Crippen molar-refractivity contribution in [3.05, 3.63) is 40.7 Å². The van der Waals surface area contributed by atoms with E-state index >= 15 is 0 Å². The fourth-order valence-corrected chi connectivity index (χ4v) is 1.58. The average Bonchev–Trinajstić information content (AvgIpc) is 2.72. The van der Waals surface area contributed by atoms with E-state index in [4.69, 9.17) is 16.9 Å². The fraction of sp³-hybridized carbons (Fsp3) is 0.100. The van der Waals surface area contributed by atoms with Crippen LogP contribution >= 0.6 is 11.6 Å². The highest BCUT2D eigenvalue weighted by Crippen LogP contribution is 2.32. The van der Waals surface area contributed by atoms with Crippen molar-refractivity contribution < 1.29 is 13.2 Å². The van der Waals surface area contributed by atoms with Gasteiger partial charge in [-0.25, -0.2) is 4.68 Å². The third-order valence-corrected chi connectivity index (χ3v) is 2.33. The zero-order valence-corrected chi connectivity index (χ0v) is 9.37. The normalized spacial score (nSPS) is 11.3. The molecule has 1 aromatic carbocycles. The third-order valence-electron chi connectivity index (χ3n) is 2.10. The Morgan fingerprint density at radius 1 is 1.33 bits per heavy atom. The molecule has 0 aliphatic rings. The summed E-state index contributed by atoms with van der Waals surface area (Å²) in [4.78, 5) is 0. The molecule has 2 aromatic rings. The van der Waals surface area contributed by atoms with E-state index in [1.165, 1.54) is 30.3 Å². The van der Waals surface area contributed by atoms with Gasteiger partial charge in [0.25, 0.3) is 0 Å². The van der Waals surface area contributed by atoms with Crippen LogP contribution in [0.1, 0.15) is 11.4 Å². The summed E-state index contributed by atoms with van der Waals surface area (Å²) in [6, 6.07) is 7.04. The number of nitriles is 1. The SMILES string of the molecule is N#Cc1nnn(-c2cccc(Cl)c2)c1C(F)(F)F. The molecule has 0 aliphatic carbocycles. The molecule has 0 amide bonds. The molecule has 1 heterocycles. The summed E-state index contributed by atoms with van der Waals surface area (Å²) in [5, 5.41) is 15.4. The molecule has 0 bridgehead atoms. The van der Waals surface area contributed by atoms with Crippen molar-refractivity contribution in [1.82, 2.24) is 15.0 Å². The molecule has 0 spiro atoms. The molecular weight excluding hydrogens is 269 g/mol. The predicted octanol–water partition coefficient (Wildman–Crippen LogP) is 2.81. The Bertz CT molecular complexity index is 627. The first-order valence-corrected chi connectivity index (χ1v) is 5.00. The molecule has 0 fully saturated rings. The van der Waals surface area contributed by atoms with E-state index in [0.717, 1.165) is 0 Å². The lowest BCUT2D eigenvalue weighted by Crippen LogP contribution is -2.14. The Hall–Kier alpha value is -2.07. The van der Waals surface area contributed by atoms with Gasteiger partial charge in [-0.05, 0) is 18.2 Å². The number of rotatable bonds is 1. The average molecular weight is 273 g/mol. The highest BCUT2D eigenvalue weighted by molar-refractivity contribution is 6.30. The van der Waals surface area contributed by atoms with E-state index in [1.807, 2.05) is 0 Å². The maximum Gasteiger partial charge on any atom is 0.436 e. The van der Waals surface area contributed by atoms with Crippen LogP contribution in [0.5, 0.6) is 0 Å². The first-order chi connectivity index (χ1) is 8.43. The number of hydrogen-bond donors (Lipinski definition) is 0. The molecule has 0 N–H and O–H groups in total. The monoisotopic (exact) mass is 272 g/mol. The van der Waals surface area contributed by atoms with Gasteiger partial charge in [-0.1, -0.05) is 22.9 Å². The van der Waals surface area contributed by atoms with Gasteiger partial charge in [0, 0.05) is 5.02 Å². The highest BCUT2D eigenvalue weighted by Gasteiger charge is 2.40. The smallest absolute Gasteiger partial charge is 0.207 e. The van der Waals surface area contributed by atoms with Crippen LogP contribution in [-0.4, -0.2) is 15.0 Å². The molecule has 0 saturated carbocycles. The molecule has 1 aromatic heterocycles. The number of hydrogen-bond acceptors (Lipinski definition) is 3. The molecule has 0 radical (unpaired) electrons. The number of aromatic nitrogens is 3. The van der Waals surface area contributed by atoms with Crippen LogP contribution in [0.15, 0.2) is 24.3 Å². The van der Waals surface area contributed by atoms with Crippen molar-refractivity contribution >= 4 is 11.6 Å². The molecule has 0 aliphatic heterocycles. The minimum absolute atomic E-state index is 0.0869. The van der Waals surface area contributed by atoms with Gasteiger partial charge >= 0.3 is 6.18 Å². The summed E-state index contributed by atoms with van der Waals surface area (Å²) < 4.78 is 39.0. The van der Waals surface area contributed by atoms with Crippen LogP contribution in [0.25, 0.3) is 5.69 Å². The Morgan fingerprint density at radius 3 is 2.61 bits per heavy atom. The lowest BCUT2D eigenvalue weighted by molar-refractivity contribution is -0.143. The third kappa shape index (κ3) is 2.15. The maximum absolute atomic E-state index is 12.8. The van der Waals surface area contributed by atoms with Crippen LogP contribution in [-0.2, 0) is 6.18 Å². The zero-order valence-electron chi connectivity index (χ0n) is 8.61. The second-order valence-electron chi connectivity index (χ2n) is 3.29. The number of alkyl halides is 3. The van der Waals surface area contributed by atoms with Gasteiger partial charge in [0.2, 0.25) is 0 Å². The summed E-state index contributed by atoms with van der Waals surface area (Å²) >= 11 is 5.69. The summed E-state index contributed by atoms with van der Waals surface area (Å²) in [5.74, 6) is 0. The molecule has 0 unspecified atom stereocenters. The van der Waals surface area contributed by atoms with Crippen molar-refractivity contribution in [2.75, 3.05) is 0 Å². The van der Waals surface area contributed by atoms with E-state index in [2.05, 4.69) is 10.3 Å². The molecule has 0 saturated heterocycles. The van der Waals surface area contributed by atoms with Crippen LogP contribution in [0.2, 0.25) is 5.02 Å². The van der Waals surface area contributed by atoms with Crippen molar-refractivity contribution in [3.8, 4) is 11.8 Å². The van der Waals surface area contributed by atoms with Gasteiger partial charge in [0.15, 0.2) is 11.4 Å². The van der Waals surface area contributed by atoms with Crippen LogP contribution in [0.3, 0.4) is 0 Å². The molecule has 4 nitrogen and oxygen atoms in total. The summed E-state index contributed by atoms with van der Waals surface area (Å²) in [6.45, 7) is 0. The second kappa shape index (κ2) is 4.31. The minimum atomic E-state index is -4.73. The Kier molecular flexibility index (Phi) is 2.97. The summed E-state index contributed by atoms with van der Waals surface area (Å²) in [7, 11) is 0. The van der Waals surface area contributed by atoms with Crippen molar-refractivity contribution in [2.45, 2.75) is 6.18 Å². The lowest BCUT2D eigenvalue weighted by Gasteiger charge is -2.09. The maximum atomic E-state index is 12.8. The van der Waals surface area contributed by atoms with Gasteiger partial charge in [-0.3, -0.25) is 0 Å². The van der Waals surface area contributed by atoms with Crippen molar-refractivity contribution in [2.24, 2.45) is 0 Å². The molecule has 0 atom stereocenters. The van der Waals surface area contributed by atoms with Crippen LogP contribution < -0.4 is 0 Å². The Balaban J connectivity index is 2.67. The quantitative estimate of drug-likeness (QED) is 0.802. The Morgan fingerprint density at radius 2 is 2.06 bits per heavy atom.